The van der Waals surface area contributed by atoms with E-state index >= 15 is 28.8 Å². The lowest BCUT2D eigenvalue weighted by Crippen LogP contribution is -2.64. The molecule has 1 aliphatic rings. The Morgan fingerprint density at radius 1 is 0.505 bits per heavy atom. The second kappa shape index (κ2) is 39.5. The van der Waals surface area contributed by atoms with Crippen molar-refractivity contribution in [1.29, 1.82) is 5.41 Å². The molecular formula is C67H121N13O12S. The summed E-state index contributed by atoms with van der Waals surface area (Å²) in [6.45, 7) is 29.9. The van der Waals surface area contributed by atoms with Gasteiger partial charge in [0.15, 0.2) is 0 Å². The van der Waals surface area contributed by atoms with Crippen LogP contribution in [0.5, 0.6) is 0 Å². The summed E-state index contributed by atoms with van der Waals surface area (Å²) >= 11 is 1.32. The lowest BCUT2D eigenvalue weighted by Gasteiger charge is -2.41. The number of nitrogens with two attached hydrogens (primary N) is 1. The summed E-state index contributed by atoms with van der Waals surface area (Å²) in [6.07, 6.45) is 3.61. The average Bonchev–Trinajstić information content (AvgIpc) is 0.816. The zero-order valence-corrected chi connectivity index (χ0v) is 61.6. The van der Waals surface area contributed by atoms with Crippen LogP contribution in [0.4, 0.5) is 0 Å². The number of aliphatic hydroxyl groups excluding tert-OH is 1. The van der Waals surface area contributed by atoms with Crippen LogP contribution in [0.15, 0.2) is 12.2 Å². The highest BCUT2D eigenvalue weighted by molar-refractivity contribution is 7.99. The van der Waals surface area contributed by atoms with E-state index in [1.807, 2.05) is 55.4 Å². The Balaban J connectivity index is 4.54. The van der Waals surface area contributed by atoms with Crippen LogP contribution in [-0.4, -0.2) is 244 Å². The fourth-order valence-electron chi connectivity index (χ4n) is 11.5. The Bertz CT molecular complexity index is 2570. The molecule has 1 rings (SSSR count). The van der Waals surface area contributed by atoms with Crippen molar-refractivity contribution in [3.05, 3.63) is 12.2 Å². The van der Waals surface area contributed by atoms with E-state index in [-0.39, 0.29) is 80.2 Å². The van der Waals surface area contributed by atoms with Gasteiger partial charge >= 0.3 is 0 Å². The number of nitrogens with one attached hydrogen (secondary N) is 5. The molecule has 0 aromatic rings. The van der Waals surface area contributed by atoms with Gasteiger partial charge in [0.05, 0.1) is 11.9 Å². The standard InChI is InChI=1S/C67H121N13O12S/c1-25-27-29-43(15)56(81)55-60(85)72-46(26-2)62(87)78(22)51(36-93-31-28-30-52(68)69)65(90)74(18)48(33-38(5)6)59(84)73-53(41(11)12)66(91)75(19)47(32-37(3)4)58(83)70-44(16)57(82)71-45(17)61(86)76(20)49(34-39(7)8)63(88)77(21)50(35-40(9)10)64(89)79(23)54(42(13)14)67(92)80(55)24/h25,27,37-51,53-56,81H,26,28-36H2,1-24H3,(H3,68,69)(H,70,83)(H,71,82)(H,72,85)(H,73,84)/b27-25+/t43-,44-,45+,46-,47-,48+,49-,50-,51-,53-,54-,55-,56-/m1/s1. The van der Waals surface area contributed by atoms with Crippen molar-refractivity contribution < 1.29 is 57.8 Å². The van der Waals surface area contributed by atoms with Gasteiger partial charge in [-0.15, -0.1) is 0 Å². The molecular weight excluding hydrogens is 1210 g/mol. The van der Waals surface area contributed by atoms with E-state index in [4.69, 9.17) is 11.1 Å². The number of carbonyl (C=O) groups excluding carboxylic acids is 11. The number of rotatable bonds is 21. The monoisotopic (exact) mass is 1330 g/mol. The lowest BCUT2D eigenvalue weighted by atomic mass is 9.91. The molecule has 0 bridgehead atoms. The molecule has 11 amide bonds. The normalized spacial score (nSPS) is 26.4. The molecule has 25 nitrogen and oxygen atoms in total. The van der Waals surface area contributed by atoms with Gasteiger partial charge in [-0.25, -0.2) is 0 Å². The maximum atomic E-state index is 15.3. The minimum Gasteiger partial charge on any atom is -0.390 e. The predicted octanol–water partition coefficient (Wildman–Crippen LogP) is 4.09. The van der Waals surface area contributed by atoms with E-state index in [0.717, 1.165) is 4.90 Å². The van der Waals surface area contributed by atoms with Crippen LogP contribution >= 0.6 is 11.8 Å². The van der Waals surface area contributed by atoms with Crippen molar-refractivity contribution in [2.45, 2.75) is 242 Å². The number of likely N-dealkylation sites (N-methyl/N-ethyl adjacent to an activating group) is 7. The Morgan fingerprint density at radius 2 is 0.914 bits per heavy atom. The lowest BCUT2D eigenvalue weighted by molar-refractivity contribution is -0.157. The fraction of sp³-hybridized carbons (Fsp3) is 0.791. The largest absolute Gasteiger partial charge is 0.390 e. The molecule has 26 heteroatoms. The Hall–Kier alpha value is -6.31. The molecule has 1 saturated heterocycles. The number of hydrogen-bond acceptors (Lipinski definition) is 14. The minimum absolute atomic E-state index is 0.000231. The van der Waals surface area contributed by atoms with Gasteiger partial charge in [0.2, 0.25) is 65.0 Å². The first kappa shape index (κ1) is 84.7. The topological polar surface area (TPSA) is 329 Å². The first-order valence-corrected chi connectivity index (χ1v) is 34.5. The highest BCUT2D eigenvalue weighted by Gasteiger charge is 2.46. The number of amides is 11. The Labute approximate surface area is 560 Å². The number of nitrogens with zero attached hydrogens (tertiary/aromatic N) is 7. The number of thioether (sulfide) groups is 1. The second-order valence-corrected chi connectivity index (χ2v) is 29.2. The highest BCUT2D eigenvalue weighted by Crippen LogP contribution is 2.26. The van der Waals surface area contributed by atoms with Crippen molar-refractivity contribution in [3.8, 4) is 0 Å². The number of hydrogen-bond donors (Lipinski definition) is 7. The molecule has 1 aliphatic heterocycles. The maximum Gasteiger partial charge on any atom is 0.246 e. The van der Waals surface area contributed by atoms with Gasteiger partial charge in [-0.05, 0) is 113 Å². The molecule has 0 saturated carbocycles. The van der Waals surface area contributed by atoms with Crippen LogP contribution in [0, 0.1) is 46.8 Å². The number of aliphatic hydroxyl groups is 1. The van der Waals surface area contributed by atoms with Crippen LogP contribution in [-0.2, 0) is 52.7 Å². The Kier molecular flexibility index (Phi) is 36.0. The summed E-state index contributed by atoms with van der Waals surface area (Å²) < 4.78 is 0. The molecule has 0 unspecified atom stereocenters. The predicted molar refractivity (Wildman–Crippen MR) is 366 cm³/mol. The summed E-state index contributed by atoms with van der Waals surface area (Å²) in [7, 11) is 9.97. The van der Waals surface area contributed by atoms with Crippen molar-refractivity contribution in [2.24, 2.45) is 47.2 Å². The third-order valence-corrected chi connectivity index (χ3v) is 18.5. The summed E-state index contributed by atoms with van der Waals surface area (Å²) in [5.41, 5.74) is 5.67. The van der Waals surface area contributed by atoms with Gasteiger partial charge in [0.25, 0.3) is 0 Å². The SMILES string of the molecule is C/C=C/C[C@@H](C)[C@@H](O)[C@@H]1C(=O)N[C@H](CC)C(=O)N(C)[C@H](CSCCCC(=N)N)C(=O)N(C)[C@@H](CC(C)C)C(=O)N[C@H](C(C)C)C(=O)N(C)[C@H](CC(C)C)C(=O)N[C@H](C)C(=O)N[C@@H](C)C(=O)N(C)[C@H](CC(C)C)C(=O)N(C)[C@H](CC(C)C)C(=O)N(C)[C@H](C(C)C)C(=O)N1C. The van der Waals surface area contributed by atoms with Gasteiger partial charge in [0.1, 0.15) is 66.5 Å². The zero-order chi connectivity index (χ0) is 72.0. The number of amidine groups is 1. The smallest absolute Gasteiger partial charge is 0.246 e. The summed E-state index contributed by atoms with van der Waals surface area (Å²) in [4.78, 5) is 172. The Morgan fingerprint density at radius 3 is 1.37 bits per heavy atom. The quantitative estimate of drug-likeness (QED) is 0.0369. The van der Waals surface area contributed by atoms with E-state index in [9.17, 15) is 29.1 Å². The molecule has 0 aliphatic carbocycles. The van der Waals surface area contributed by atoms with Crippen LogP contribution in [0.2, 0.25) is 0 Å². The average molecular weight is 1330 g/mol. The van der Waals surface area contributed by atoms with E-state index in [1.54, 1.807) is 60.6 Å². The molecule has 532 valence electrons. The van der Waals surface area contributed by atoms with E-state index in [1.165, 1.54) is 104 Å². The van der Waals surface area contributed by atoms with Crippen molar-refractivity contribution in [3.63, 3.8) is 0 Å². The number of carbonyl (C=O) groups is 11. The zero-order valence-electron chi connectivity index (χ0n) is 60.7. The third-order valence-electron chi connectivity index (χ3n) is 17.4. The van der Waals surface area contributed by atoms with Crippen LogP contribution < -0.4 is 27.0 Å². The molecule has 0 aromatic heterocycles. The third kappa shape index (κ3) is 24.8. The first-order valence-electron chi connectivity index (χ1n) is 33.3. The van der Waals surface area contributed by atoms with E-state index in [0.29, 0.717) is 12.2 Å². The van der Waals surface area contributed by atoms with Crippen molar-refractivity contribution in [2.75, 3.05) is 60.8 Å². The van der Waals surface area contributed by atoms with Gasteiger partial charge < -0.3 is 66.4 Å². The summed E-state index contributed by atoms with van der Waals surface area (Å²) in [6, 6.07) is -14.0. The molecule has 8 N–H and O–H groups in total. The molecule has 0 spiro atoms. The molecule has 0 radical (unpaired) electrons. The first-order chi connectivity index (χ1) is 43.0. The summed E-state index contributed by atoms with van der Waals surface area (Å²) in [5.74, 6) is -9.67. The molecule has 13 atom stereocenters. The second-order valence-electron chi connectivity index (χ2n) is 28.0. The van der Waals surface area contributed by atoms with Gasteiger partial charge in [-0.1, -0.05) is 109 Å². The minimum atomic E-state index is -1.65. The van der Waals surface area contributed by atoms with Crippen molar-refractivity contribution >= 4 is 82.6 Å². The van der Waals surface area contributed by atoms with Crippen molar-refractivity contribution in [1.82, 2.24) is 55.6 Å². The van der Waals surface area contributed by atoms with Gasteiger partial charge in [0, 0.05) is 61.5 Å². The van der Waals surface area contributed by atoms with E-state index in [2.05, 4.69) is 21.3 Å². The van der Waals surface area contributed by atoms with Crippen LogP contribution in [0.1, 0.15) is 169 Å². The number of allylic oxidation sites excluding steroid dienone is 2. The molecule has 0 aromatic carbocycles. The fourth-order valence-corrected chi connectivity index (χ4v) is 12.7. The molecule has 1 fully saturated rings. The van der Waals surface area contributed by atoms with Crippen LogP contribution in [0.25, 0.3) is 0 Å². The molecule has 93 heavy (non-hydrogen) atoms. The van der Waals surface area contributed by atoms with Gasteiger partial charge in [-0.2, -0.15) is 11.8 Å². The van der Waals surface area contributed by atoms with Gasteiger partial charge in [-0.3, -0.25) is 58.1 Å². The molecule has 1 heterocycles. The summed E-state index contributed by atoms with van der Waals surface area (Å²) in [5, 5.41) is 31.2. The highest BCUT2D eigenvalue weighted by atomic mass is 32.2. The van der Waals surface area contributed by atoms with E-state index < -0.39 is 155 Å². The maximum absolute atomic E-state index is 15.3. The van der Waals surface area contributed by atoms with Crippen LogP contribution in [0.3, 0.4) is 0 Å².